The van der Waals surface area contributed by atoms with Crippen molar-refractivity contribution < 1.29 is 9.53 Å². The molecule has 2 aromatic rings. The van der Waals surface area contributed by atoms with Gasteiger partial charge in [0.15, 0.2) is 6.61 Å². The highest BCUT2D eigenvalue weighted by atomic mass is 16.5. The van der Waals surface area contributed by atoms with E-state index in [-0.39, 0.29) is 12.5 Å². The predicted molar refractivity (Wildman–Crippen MR) is 71.8 cm³/mol. The van der Waals surface area contributed by atoms with E-state index in [4.69, 9.17) is 4.74 Å². The zero-order chi connectivity index (χ0) is 13.7. The lowest BCUT2D eigenvalue weighted by atomic mass is 10.1. The Kier molecular flexibility index (Phi) is 4.18. The van der Waals surface area contributed by atoms with Crippen molar-refractivity contribution in [1.29, 1.82) is 0 Å². The molecular formula is C14H17N3O2. The maximum Gasteiger partial charge on any atom is 0.258 e. The van der Waals surface area contributed by atoms with Crippen LogP contribution in [0, 0.1) is 13.8 Å². The van der Waals surface area contributed by atoms with Gasteiger partial charge in [0.05, 0.1) is 6.20 Å². The van der Waals surface area contributed by atoms with E-state index in [0.717, 1.165) is 22.4 Å². The highest BCUT2D eigenvalue weighted by Gasteiger charge is 2.06. The Labute approximate surface area is 112 Å². The summed E-state index contributed by atoms with van der Waals surface area (Å²) in [4.78, 5) is 11.6. The molecule has 2 rings (SSSR count). The van der Waals surface area contributed by atoms with E-state index in [0.29, 0.717) is 6.54 Å². The lowest BCUT2D eigenvalue weighted by Gasteiger charge is -2.10. The number of nitrogens with one attached hydrogen (secondary N) is 2. The maximum atomic E-state index is 11.6. The van der Waals surface area contributed by atoms with Gasteiger partial charge in [-0.2, -0.15) is 5.10 Å². The molecule has 100 valence electrons. The minimum absolute atomic E-state index is 0.0160. The number of ether oxygens (including phenoxy) is 1. The molecular weight excluding hydrogens is 242 g/mol. The highest BCUT2D eigenvalue weighted by molar-refractivity contribution is 5.77. The fourth-order valence-corrected chi connectivity index (χ4v) is 1.65. The molecule has 0 unspecified atom stereocenters. The van der Waals surface area contributed by atoms with Crippen molar-refractivity contribution in [3.8, 4) is 5.75 Å². The molecule has 0 saturated carbocycles. The van der Waals surface area contributed by atoms with E-state index in [1.807, 2.05) is 32.0 Å². The molecule has 1 aromatic carbocycles. The molecule has 0 saturated heterocycles. The van der Waals surface area contributed by atoms with Crippen molar-refractivity contribution in [2.45, 2.75) is 20.4 Å². The Morgan fingerprint density at radius 1 is 1.42 bits per heavy atom. The van der Waals surface area contributed by atoms with E-state index in [2.05, 4.69) is 15.5 Å². The van der Waals surface area contributed by atoms with Crippen LogP contribution in [0.25, 0.3) is 0 Å². The zero-order valence-corrected chi connectivity index (χ0v) is 11.1. The Morgan fingerprint density at radius 3 is 3.00 bits per heavy atom. The first-order chi connectivity index (χ1) is 9.16. The van der Waals surface area contributed by atoms with Crippen LogP contribution in [-0.4, -0.2) is 22.7 Å². The first kappa shape index (κ1) is 13.1. The standard InChI is InChI=1S/C14H17N3O2/c1-10-4-3-5-13(11(10)2)19-9-14(18)15-6-12-7-16-17-8-12/h3-5,7-8H,6,9H2,1-2H3,(H,15,18)(H,16,17). The fourth-order valence-electron chi connectivity index (χ4n) is 1.65. The van der Waals surface area contributed by atoms with Crippen molar-refractivity contribution in [3.63, 3.8) is 0 Å². The van der Waals surface area contributed by atoms with Gasteiger partial charge < -0.3 is 10.1 Å². The number of aryl methyl sites for hydroxylation is 1. The van der Waals surface area contributed by atoms with Gasteiger partial charge in [0.2, 0.25) is 0 Å². The van der Waals surface area contributed by atoms with Gasteiger partial charge in [-0.15, -0.1) is 0 Å². The molecule has 0 aliphatic carbocycles. The molecule has 2 N–H and O–H groups in total. The number of aromatic amines is 1. The van der Waals surface area contributed by atoms with Gasteiger partial charge in [-0.05, 0) is 31.0 Å². The molecule has 19 heavy (non-hydrogen) atoms. The Bertz CT molecular complexity index is 550. The Balaban J connectivity index is 1.81. The molecule has 1 amide bonds. The van der Waals surface area contributed by atoms with Crippen molar-refractivity contribution in [3.05, 3.63) is 47.3 Å². The van der Waals surface area contributed by atoms with E-state index in [1.165, 1.54) is 0 Å². The second kappa shape index (κ2) is 6.04. The van der Waals surface area contributed by atoms with Crippen molar-refractivity contribution in [2.24, 2.45) is 0 Å². The Morgan fingerprint density at radius 2 is 2.26 bits per heavy atom. The summed E-state index contributed by atoms with van der Waals surface area (Å²) in [5.41, 5.74) is 3.14. The highest BCUT2D eigenvalue weighted by Crippen LogP contribution is 2.20. The fraction of sp³-hybridized carbons (Fsp3) is 0.286. The molecule has 1 heterocycles. The number of amides is 1. The molecule has 5 heteroatoms. The van der Waals surface area contributed by atoms with Gasteiger partial charge >= 0.3 is 0 Å². The minimum Gasteiger partial charge on any atom is -0.483 e. The monoisotopic (exact) mass is 259 g/mol. The normalized spacial score (nSPS) is 10.2. The first-order valence-electron chi connectivity index (χ1n) is 6.10. The summed E-state index contributed by atoms with van der Waals surface area (Å²) >= 11 is 0. The lowest BCUT2D eigenvalue weighted by Crippen LogP contribution is -2.28. The summed E-state index contributed by atoms with van der Waals surface area (Å²) in [5.74, 6) is 0.598. The third-order valence-corrected chi connectivity index (χ3v) is 2.96. The summed E-state index contributed by atoms with van der Waals surface area (Å²) < 4.78 is 5.51. The molecule has 0 aliphatic heterocycles. The molecule has 0 radical (unpaired) electrons. The van der Waals surface area contributed by atoms with Crippen LogP contribution in [0.3, 0.4) is 0 Å². The molecule has 0 fully saturated rings. The van der Waals surface area contributed by atoms with Crippen LogP contribution in [0.5, 0.6) is 5.75 Å². The average Bonchev–Trinajstić information content (AvgIpc) is 2.91. The van der Waals surface area contributed by atoms with Crippen LogP contribution in [0.1, 0.15) is 16.7 Å². The smallest absolute Gasteiger partial charge is 0.258 e. The number of hydrogen-bond acceptors (Lipinski definition) is 3. The van der Waals surface area contributed by atoms with E-state index >= 15 is 0 Å². The van der Waals surface area contributed by atoms with Gasteiger partial charge in [0.1, 0.15) is 5.75 Å². The second-order valence-electron chi connectivity index (χ2n) is 4.37. The van der Waals surface area contributed by atoms with E-state index in [1.54, 1.807) is 12.4 Å². The van der Waals surface area contributed by atoms with Crippen molar-refractivity contribution in [2.75, 3.05) is 6.61 Å². The summed E-state index contributed by atoms with van der Waals surface area (Å²) in [6.45, 7) is 4.46. The number of rotatable bonds is 5. The molecule has 5 nitrogen and oxygen atoms in total. The molecule has 0 atom stereocenters. The number of benzene rings is 1. The SMILES string of the molecule is Cc1cccc(OCC(=O)NCc2cn[nH]c2)c1C. The van der Waals surface area contributed by atoms with Crippen LogP contribution in [0.15, 0.2) is 30.6 Å². The van der Waals surface area contributed by atoms with Crippen LogP contribution in [0.4, 0.5) is 0 Å². The van der Waals surface area contributed by atoms with Gasteiger partial charge in [0, 0.05) is 18.3 Å². The number of carbonyl (C=O) groups is 1. The van der Waals surface area contributed by atoms with Crippen molar-refractivity contribution in [1.82, 2.24) is 15.5 Å². The topological polar surface area (TPSA) is 67.0 Å². The molecule has 0 bridgehead atoms. The van der Waals surface area contributed by atoms with Crippen LogP contribution in [-0.2, 0) is 11.3 Å². The largest absolute Gasteiger partial charge is 0.483 e. The summed E-state index contributed by atoms with van der Waals surface area (Å²) in [6, 6.07) is 5.80. The zero-order valence-electron chi connectivity index (χ0n) is 11.1. The van der Waals surface area contributed by atoms with Crippen LogP contribution >= 0.6 is 0 Å². The number of hydrogen-bond donors (Lipinski definition) is 2. The quantitative estimate of drug-likeness (QED) is 0.859. The maximum absolute atomic E-state index is 11.6. The molecule has 0 spiro atoms. The number of H-pyrrole nitrogens is 1. The average molecular weight is 259 g/mol. The van der Waals surface area contributed by atoms with E-state index in [9.17, 15) is 4.79 Å². The number of carbonyl (C=O) groups excluding carboxylic acids is 1. The van der Waals surface area contributed by atoms with Crippen LogP contribution in [0.2, 0.25) is 0 Å². The number of nitrogens with zero attached hydrogens (tertiary/aromatic N) is 1. The predicted octanol–water partition coefficient (Wildman–Crippen LogP) is 1.72. The summed E-state index contributed by atoms with van der Waals surface area (Å²) in [7, 11) is 0. The minimum atomic E-state index is -0.151. The van der Waals surface area contributed by atoms with Crippen molar-refractivity contribution >= 4 is 5.91 Å². The second-order valence-corrected chi connectivity index (χ2v) is 4.37. The van der Waals surface area contributed by atoms with Gasteiger partial charge in [-0.25, -0.2) is 0 Å². The number of aromatic nitrogens is 2. The summed E-state index contributed by atoms with van der Waals surface area (Å²) in [5, 5.41) is 9.27. The molecule has 1 aromatic heterocycles. The molecule has 0 aliphatic rings. The summed E-state index contributed by atoms with van der Waals surface area (Å²) in [6.07, 6.45) is 3.41. The van der Waals surface area contributed by atoms with Crippen LogP contribution < -0.4 is 10.1 Å². The van der Waals surface area contributed by atoms with E-state index < -0.39 is 0 Å². The lowest BCUT2D eigenvalue weighted by molar-refractivity contribution is -0.123. The van der Waals surface area contributed by atoms with Gasteiger partial charge in [0.25, 0.3) is 5.91 Å². The third kappa shape index (κ3) is 3.58. The van der Waals surface area contributed by atoms with Gasteiger partial charge in [-0.1, -0.05) is 12.1 Å². The third-order valence-electron chi connectivity index (χ3n) is 2.96. The Hall–Kier alpha value is -2.30. The van der Waals surface area contributed by atoms with Gasteiger partial charge in [-0.3, -0.25) is 9.89 Å². The first-order valence-corrected chi connectivity index (χ1v) is 6.10.